The number of carbonyl (C=O) groups excluding carboxylic acids is 1. The highest BCUT2D eigenvalue weighted by Gasteiger charge is 2.32. The lowest BCUT2D eigenvalue weighted by Gasteiger charge is -2.46. The number of amides is 2. The van der Waals surface area contributed by atoms with Gasteiger partial charge < -0.3 is 19.9 Å². The molecule has 126 valence electrons. The number of urea groups is 1. The largest absolute Gasteiger partial charge is 0.381 e. The number of piperazine rings is 1. The van der Waals surface area contributed by atoms with E-state index in [1.54, 1.807) is 0 Å². The fraction of sp³-hybridized carbons (Fsp3) is 0.611. The number of hydrogen-bond acceptors (Lipinski definition) is 3. The highest BCUT2D eigenvalue weighted by atomic mass is 16.5. The van der Waals surface area contributed by atoms with Crippen LogP contribution in [0.3, 0.4) is 0 Å². The second kappa shape index (κ2) is 7.21. The van der Waals surface area contributed by atoms with Crippen LogP contribution in [0, 0.1) is 0 Å². The molecule has 2 fully saturated rings. The summed E-state index contributed by atoms with van der Waals surface area (Å²) in [7, 11) is 0. The first kappa shape index (κ1) is 16.1. The molecular weight excluding hydrogens is 290 g/mol. The number of benzene rings is 1. The maximum absolute atomic E-state index is 12.6. The highest BCUT2D eigenvalue weighted by Crippen LogP contribution is 2.24. The molecule has 2 amide bonds. The third-order valence-corrected chi connectivity index (χ3v) is 4.81. The van der Waals surface area contributed by atoms with Gasteiger partial charge in [-0.25, -0.2) is 4.79 Å². The summed E-state index contributed by atoms with van der Waals surface area (Å²) < 4.78 is 5.35. The first-order valence-electron chi connectivity index (χ1n) is 8.61. The molecule has 2 heterocycles. The molecule has 1 aromatic carbocycles. The van der Waals surface area contributed by atoms with Gasteiger partial charge in [0.25, 0.3) is 0 Å². The summed E-state index contributed by atoms with van der Waals surface area (Å²) in [6, 6.07) is 11.4. The quantitative estimate of drug-likeness (QED) is 0.911. The van der Waals surface area contributed by atoms with Gasteiger partial charge in [-0.2, -0.15) is 0 Å². The van der Waals surface area contributed by atoms with Crippen molar-refractivity contribution >= 4 is 11.7 Å². The van der Waals surface area contributed by atoms with Crippen LogP contribution in [0.2, 0.25) is 0 Å². The molecule has 0 saturated carbocycles. The van der Waals surface area contributed by atoms with E-state index in [0.29, 0.717) is 12.1 Å². The van der Waals surface area contributed by atoms with Crippen LogP contribution in [0.5, 0.6) is 0 Å². The van der Waals surface area contributed by atoms with Crippen LogP contribution in [0.4, 0.5) is 10.5 Å². The maximum atomic E-state index is 12.6. The lowest BCUT2D eigenvalue weighted by Crippen LogP contribution is -2.60. The SMILES string of the molecule is CC1CN(C(=O)NC2CCOCC2)CC(C)N1c1ccccc1. The molecule has 5 nitrogen and oxygen atoms in total. The Bertz CT molecular complexity index is 504. The average molecular weight is 317 g/mol. The molecule has 0 aromatic heterocycles. The fourth-order valence-electron chi connectivity index (χ4n) is 3.71. The Labute approximate surface area is 138 Å². The molecule has 1 N–H and O–H groups in total. The normalized spacial score (nSPS) is 26.2. The van der Waals surface area contributed by atoms with Crippen molar-refractivity contribution in [3.05, 3.63) is 30.3 Å². The van der Waals surface area contributed by atoms with E-state index in [1.165, 1.54) is 5.69 Å². The van der Waals surface area contributed by atoms with Crippen LogP contribution in [0.25, 0.3) is 0 Å². The van der Waals surface area contributed by atoms with Crippen molar-refractivity contribution in [3.63, 3.8) is 0 Å². The summed E-state index contributed by atoms with van der Waals surface area (Å²) >= 11 is 0. The molecule has 1 aromatic rings. The molecule has 3 rings (SSSR count). The smallest absolute Gasteiger partial charge is 0.317 e. The van der Waals surface area contributed by atoms with Crippen LogP contribution in [-0.2, 0) is 4.74 Å². The number of carbonyl (C=O) groups is 1. The first-order valence-corrected chi connectivity index (χ1v) is 8.61. The molecular formula is C18H27N3O2. The molecule has 0 aliphatic carbocycles. The van der Waals surface area contributed by atoms with E-state index in [-0.39, 0.29) is 12.1 Å². The first-order chi connectivity index (χ1) is 11.1. The molecule has 5 heteroatoms. The van der Waals surface area contributed by atoms with Gasteiger partial charge in [0.15, 0.2) is 0 Å². The van der Waals surface area contributed by atoms with Crippen LogP contribution in [-0.4, -0.2) is 55.4 Å². The minimum absolute atomic E-state index is 0.0725. The molecule has 0 bridgehead atoms. The number of nitrogens with one attached hydrogen (secondary N) is 1. The predicted molar refractivity (Wildman–Crippen MR) is 91.8 cm³/mol. The Morgan fingerprint density at radius 1 is 1.09 bits per heavy atom. The number of nitrogens with zero attached hydrogens (tertiary/aromatic N) is 2. The number of rotatable bonds is 2. The van der Waals surface area contributed by atoms with Gasteiger partial charge in [-0.05, 0) is 38.8 Å². The summed E-state index contributed by atoms with van der Waals surface area (Å²) in [6.45, 7) is 7.40. The van der Waals surface area contributed by atoms with E-state index >= 15 is 0 Å². The van der Waals surface area contributed by atoms with Crippen LogP contribution >= 0.6 is 0 Å². The summed E-state index contributed by atoms with van der Waals surface area (Å²) in [5.41, 5.74) is 1.23. The minimum Gasteiger partial charge on any atom is -0.381 e. The Morgan fingerprint density at radius 2 is 1.70 bits per heavy atom. The highest BCUT2D eigenvalue weighted by molar-refractivity contribution is 5.75. The zero-order valence-corrected chi connectivity index (χ0v) is 14.1. The Hall–Kier alpha value is -1.75. The van der Waals surface area contributed by atoms with Gasteiger partial charge in [0.05, 0.1) is 0 Å². The predicted octanol–water partition coefficient (Wildman–Crippen LogP) is 2.47. The van der Waals surface area contributed by atoms with Crippen LogP contribution < -0.4 is 10.2 Å². The van der Waals surface area contributed by atoms with Crippen molar-refractivity contribution < 1.29 is 9.53 Å². The van der Waals surface area contributed by atoms with Gasteiger partial charge in [-0.3, -0.25) is 0 Å². The zero-order chi connectivity index (χ0) is 16.2. The lowest BCUT2D eigenvalue weighted by molar-refractivity contribution is 0.0773. The second-order valence-electron chi connectivity index (χ2n) is 6.68. The van der Waals surface area contributed by atoms with Crippen molar-refractivity contribution in [1.82, 2.24) is 10.2 Å². The van der Waals surface area contributed by atoms with Crippen LogP contribution in [0.1, 0.15) is 26.7 Å². The molecule has 2 aliphatic rings. The summed E-state index contributed by atoms with van der Waals surface area (Å²) in [4.78, 5) is 16.9. The lowest BCUT2D eigenvalue weighted by atomic mass is 10.1. The fourth-order valence-corrected chi connectivity index (χ4v) is 3.71. The topological polar surface area (TPSA) is 44.8 Å². The van der Waals surface area contributed by atoms with Gasteiger partial charge in [-0.15, -0.1) is 0 Å². The standard InChI is InChI=1S/C18H27N3O2/c1-14-12-20(18(22)19-16-8-10-23-11-9-16)13-15(2)21(14)17-6-4-3-5-7-17/h3-7,14-16H,8-13H2,1-2H3,(H,19,22). The average Bonchev–Trinajstić information content (AvgIpc) is 2.56. The number of para-hydroxylation sites is 1. The monoisotopic (exact) mass is 317 g/mol. The zero-order valence-electron chi connectivity index (χ0n) is 14.1. The Balaban J connectivity index is 1.61. The van der Waals surface area contributed by atoms with Gasteiger partial charge in [0.2, 0.25) is 0 Å². The Morgan fingerprint density at radius 3 is 2.30 bits per heavy atom. The number of hydrogen-bond donors (Lipinski definition) is 1. The minimum atomic E-state index is 0.0725. The van der Waals surface area contributed by atoms with E-state index in [9.17, 15) is 4.79 Å². The van der Waals surface area contributed by atoms with Gasteiger partial charge in [-0.1, -0.05) is 18.2 Å². The van der Waals surface area contributed by atoms with E-state index in [2.05, 4.69) is 48.3 Å². The van der Waals surface area contributed by atoms with E-state index < -0.39 is 0 Å². The van der Waals surface area contributed by atoms with E-state index in [0.717, 1.165) is 39.1 Å². The number of ether oxygens (including phenoxy) is 1. The third kappa shape index (κ3) is 3.78. The summed E-state index contributed by atoms with van der Waals surface area (Å²) in [5, 5.41) is 3.17. The maximum Gasteiger partial charge on any atom is 0.317 e. The van der Waals surface area contributed by atoms with Crippen molar-refractivity contribution in [2.45, 2.75) is 44.8 Å². The molecule has 2 aliphatic heterocycles. The van der Waals surface area contributed by atoms with Crippen molar-refractivity contribution in [2.24, 2.45) is 0 Å². The third-order valence-electron chi connectivity index (χ3n) is 4.81. The molecule has 2 atom stereocenters. The van der Waals surface area contributed by atoms with Crippen molar-refractivity contribution in [3.8, 4) is 0 Å². The van der Waals surface area contributed by atoms with Crippen molar-refractivity contribution in [1.29, 1.82) is 0 Å². The molecule has 23 heavy (non-hydrogen) atoms. The van der Waals surface area contributed by atoms with Crippen LogP contribution in [0.15, 0.2) is 30.3 Å². The van der Waals surface area contributed by atoms with Gasteiger partial charge in [0, 0.05) is 50.1 Å². The summed E-state index contributed by atoms with van der Waals surface area (Å²) in [5.74, 6) is 0. The van der Waals surface area contributed by atoms with E-state index in [4.69, 9.17) is 4.74 Å². The number of anilines is 1. The van der Waals surface area contributed by atoms with E-state index in [1.807, 2.05) is 11.0 Å². The molecule has 2 saturated heterocycles. The molecule has 2 unspecified atom stereocenters. The molecule has 0 spiro atoms. The Kier molecular flexibility index (Phi) is 5.06. The van der Waals surface area contributed by atoms with Crippen molar-refractivity contribution in [2.75, 3.05) is 31.2 Å². The van der Waals surface area contributed by atoms with Gasteiger partial charge >= 0.3 is 6.03 Å². The summed E-state index contributed by atoms with van der Waals surface area (Å²) in [6.07, 6.45) is 1.83. The second-order valence-corrected chi connectivity index (χ2v) is 6.68. The van der Waals surface area contributed by atoms with Gasteiger partial charge in [0.1, 0.15) is 0 Å². The molecule has 0 radical (unpaired) electrons.